The highest BCUT2D eigenvalue weighted by Crippen LogP contribution is 2.45. The molecule has 0 aliphatic heterocycles. The lowest BCUT2D eigenvalue weighted by Crippen LogP contribution is -2.52. The Hall–Kier alpha value is -5.57. The largest absolute Gasteiger partial charge is 0.749 e. The van der Waals surface area contributed by atoms with E-state index in [1.54, 1.807) is 66.7 Å². The van der Waals surface area contributed by atoms with Crippen LogP contribution in [0.25, 0.3) is 22.3 Å². The van der Waals surface area contributed by atoms with Gasteiger partial charge in [-0.2, -0.15) is 0 Å². The van der Waals surface area contributed by atoms with Crippen molar-refractivity contribution < 1.29 is 45.0 Å². The molecule has 0 saturated carbocycles. The molecule has 5 rings (SSSR count). The first kappa shape index (κ1) is 45.5. The molecule has 14 nitrogen and oxygen atoms in total. The van der Waals surface area contributed by atoms with Crippen LogP contribution in [0.3, 0.4) is 0 Å². The number of rotatable bonds is 22. The Morgan fingerprint density at radius 3 is 1.08 bits per heavy atom. The second kappa shape index (κ2) is 21.6. The molecule has 0 spiro atoms. The quantitative estimate of drug-likeness (QED) is 0.0385. The lowest BCUT2D eigenvalue weighted by atomic mass is 9.94. The van der Waals surface area contributed by atoms with Gasteiger partial charge in [-0.15, -0.1) is 0 Å². The van der Waals surface area contributed by atoms with Crippen molar-refractivity contribution in [2.24, 2.45) is 0 Å². The van der Waals surface area contributed by atoms with Gasteiger partial charge in [0.15, 0.2) is 0 Å². The van der Waals surface area contributed by atoms with Crippen molar-refractivity contribution >= 4 is 52.7 Å². The molecule has 60 heavy (non-hydrogen) atoms. The first-order valence-electron chi connectivity index (χ1n) is 20.0. The van der Waals surface area contributed by atoms with Crippen LogP contribution in [-0.4, -0.2) is 69.6 Å². The van der Waals surface area contributed by atoms with Crippen LogP contribution < -0.4 is 31.0 Å². The summed E-state index contributed by atoms with van der Waals surface area (Å²) in [4.78, 5) is 28.0. The molecule has 5 aromatic carbocycles. The summed E-state index contributed by atoms with van der Waals surface area (Å²) in [6.07, 6.45) is 0. The molecule has 318 valence electrons. The van der Waals surface area contributed by atoms with Crippen LogP contribution in [0.5, 0.6) is 11.5 Å². The fourth-order valence-corrected chi connectivity index (χ4v) is 10.1. The molecular weight excluding hydrogens is 801 g/mol. The van der Waals surface area contributed by atoms with Crippen LogP contribution in [0.2, 0.25) is 0 Å². The Bertz CT molecular complexity index is 2010. The second-order valence-corrected chi connectivity index (χ2v) is 17.0. The Morgan fingerprint density at radius 1 is 0.450 bits per heavy atom. The average molecular weight is 855 g/mol. The van der Waals surface area contributed by atoms with E-state index in [9.17, 15) is 9.59 Å². The Kier molecular flexibility index (Phi) is 16.4. The van der Waals surface area contributed by atoms with E-state index in [0.717, 1.165) is 0 Å². The third-order valence-corrected chi connectivity index (χ3v) is 13.5. The number of nitrogens with one attached hydrogen (secondary N) is 2. The molecule has 0 saturated heterocycles. The van der Waals surface area contributed by atoms with Gasteiger partial charge in [-0.1, -0.05) is 36.4 Å². The van der Waals surface area contributed by atoms with Crippen LogP contribution in [-0.2, 0) is 26.6 Å². The zero-order chi connectivity index (χ0) is 43.1. The van der Waals surface area contributed by atoms with Gasteiger partial charge in [0.2, 0.25) is 0 Å². The van der Waals surface area contributed by atoms with Crippen molar-refractivity contribution in [3.63, 3.8) is 0 Å². The van der Waals surface area contributed by atoms with E-state index in [1.807, 2.05) is 84.0 Å². The van der Waals surface area contributed by atoms with E-state index < -0.39 is 29.9 Å². The normalized spacial score (nSPS) is 11.6. The second-order valence-electron chi connectivity index (χ2n) is 12.9. The SMILES string of the molecule is CCO[Si](OCC)(OCC)Oc1ccccc1-c1cc(-c2ccccc2O[Si](OCC)(OCC)OCC)c(NC(=O)c2ccc(N)cc2)cc1NC(=O)c1ccc(N)cc1. The molecule has 16 heteroatoms. The first-order chi connectivity index (χ1) is 29.0. The van der Waals surface area contributed by atoms with Crippen molar-refractivity contribution in [1.29, 1.82) is 0 Å². The van der Waals surface area contributed by atoms with Gasteiger partial charge in [-0.05, 0) is 114 Å². The zero-order valence-electron chi connectivity index (χ0n) is 34.9. The van der Waals surface area contributed by atoms with Crippen molar-refractivity contribution in [2.75, 3.05) is 61.7 Å². The summed E-state index contributed by atoms with van der Waals surface area (Å²) in [5.74, 6) is -0.117. The predicted molar refractivity (Wildman–Crippen MR) is 237 cm³/mol. The fourth-order valence-electron chi connectivity index (χ4n) is 6.22. The Labute approximate surface area is 354 Å². The van der Waals surface area contributed by atoms with Gasteiger partial charge in [0, 0.05) is 84.4 Å². The number of hydrogen-bond acceptors (Lipinski definition) is 12. The number of para-hydroxylation sites is 2. The number of carbonyl (C=O) groups excluding carboxylic acids is 2. The van der Waals surface area contributed by atoms with Crippen LogP contribution >= 0.6 is 0 Å². The molecule has 0 radical (unpaired) electrons. The smallest absolute Gasteiger partial charge is 0.479 e. The number of benzene rings is 5. The number of amides is 2. The van der Waals surface area contributed by atoms with Crippen LogP contribution in [0.1, 0.15) is 62.3 Å². The monoisotopic (exact) mass is 854 g/mol. The molecule has 0 aromatic heterocycles. The minimum absolute atomic E-state index is 0.274. The van der Waals surface area contributed by atoms with E-state index >= 15 is 0 Å². The summed E-state index contributed by atoms with van der Waals surface area (Å²) < 4.78 is 49.8. The molecule has 0 unspecified atom stereocenters. The maximum Gasteiger partial charge on any atom is 0.749 e. The van der Waals surface area contributed by atoms with Crippen LogP contribution in [0.15, 0.2) is 109 Å². The third kappa shape index (κ3) is 11.4. The molecular formula is C44H54N4O10Si2. The standard InChI is InChI=1S/C44H54N4O10Si2/c1-7-51-59(52-8-2,53-9-3)57-41-19-15-13-17-35(41)37-29-38(36-18-14-16-20-42(36)58-60(54-10-4,55-11-5)56-12-6)40(48-44(50)32-23-27-34(46)28-24-32)30-39(37)47-43(49)31-21-25-33(45)26-22-31/h13-30H,7-12,45-46H2,1-6H3,(H,47,49)(H,48,50). The summed E-state index contributed by atoms with van der Waals surface area (Å²) in [5, 5.41) is 6.17. The zero-order valence-corrected chi connectivity index (χ0v) is 36.9. The summed E-state index contributed by atoms with van der Waals surface area (Å²) in [7, 11) is -7.48. The summed E-state index contributed by atoms with van der Waals surface area (Å²) in [6.45, 7) is 12.7. The molecule has 0 aliphatic carbocycles. The minimum atomic E-state index is -3.74. The number of anilines is 4. The number of carbonyl (C=O) groups is 2. The van der Waals surface area contributed by atoms with Crippen molar-refractivity contribution in [2.45, 2.75) is 41.5 Å². The summed E-state index contributed by atoms with van der Waals surface area (Å²) in [6, 6.07) is 31.2. The van der Waals surface area contributed by atoms with Crippen molar-refractivity contribution in [3.05, 3.63) is 120 Å². The third-order valence-electron chi connectivity index (χ3n) is 8.75. The molecule has 0 aliphatic rings. The maximum atomic E-state index is 14.0. The van der Waals surface area contributed by atoms with Gasteiger partial charge < -0.3 is 57.5 Å². The van der Waals surface area contributed by atoms with Crippen molar-refractivity contribution in [1.82, 2.24) is 0 Å². The number of hydrogen-bond donors (Lipinski definition) is 4. The maximum absolute atomic E-state index is 14.0. The molecule has 0 fully saturated rings. The van der Waals surface area contributed by atoms with Crippen LogP contribution in [0.4, 0.5) is 22.7 Å². The highest BCUT2D eigenvalue weighted by Gasteiger charge is 2.49. The summed E-state index contributed by atoms with van der Waals surface area (Å²) >= 11 is 0. The Balaban J connectivity index is 1.80. The molecule has 5 aromatic rings. The average Bonchev–Trinajstić information content (AvgIpc) is 3.22. The lowest BCUT2D eigenvalue weighted by molar-refractivity contribution is 0.00885. The molecule has 2 amide bonds. The minimum Gasteiger partial charge on any atom is -0.479 e. The highest BCUT2D eigenvalue weighted by atomic mass is 28.4. The van der Waals surface area contributed by atoms with Crippen molar-refractivity contribution in [3.8, 4) is 33.8 Å². The molecule has 0 atom stereocenters. The molecule has 0 bridgehead atoms. The topological polar surface area (TPSA) is 184 Å². The van der Waals surface area contributed by atoms with E-state index in [4.69, 9.17) is 46.9 Å². The van der Waals surface area contributed by atoms with E-state index in [1.165, 1.54) is 0 Å². The van der Waals surface area contributed by atoms with E-state index in [0.29, 0.717) is 67.6 Å². The van der Waals surface area contributed by atoms with Gasteiger partial charge in [0.25, 0.3) is 11.8 Å². The number of nitrogen functional groups attached to an aromatic ring is 2. The van der Waals surface area contributed by atoms with Gasteiger partial charge in [0.1, 0.15) is 11.5 Å². The highest BCUT2D eigenvalue weighted by molar-refractivity contribution is 6.55. The molecule has 0 heterocycles. The van der Waals surface area contributed by atoms with Gasteiger partial charge >= 0.3 is 18.1 Å². The van der Waals surface area contributed by atoms with Gasteiger partial charge in [0.05, 0.1) is 11.4 Å². The van der Waals surface area contributed by atoms with E-state index in [-0.39, 0.29) is 39.6 Å². The number of nitrogens with two attached hydrogens (primary N) is 2. The lowest BCUT2D eigenvalue weighted by Gasteiger charge is -2.29. The Morgan fingerprint density at radius 2 is 0.767 bits per heavy atom. The molecule has 6 N–H and O–H groups in total. The summed E-state index contributed by atoms with van der Waals surface area (Å²) in [5.41, 5.74) is 16.4. The predicted octanol–water partition coefficient (Wildman–Crippen LogP) is 8.54. The first-order valence-corrected chi connectivity index (χ1v) is 23.2. The van der Waals surface area contributed by atoms with Gasteiger partial charge in [-0.3, -0.25) is 9.59 Å². The van der Waals surface area contributed by atoms with E-state index in [2.05, 4.69) is 10.6 Å². The fraction of sp³-hybridized carbons (Fsp3) is 0.273. The van der Waals surface area contributed by atoms with Gasteiger partial charge in [-0.25, -0.2) is 0 Å². The van der Waals surface area contributed by atoms with Crippen LogP contribution in [0, 0.1) is 0 Å².